The van der Waals surface area contributed by atoms with E-state index < -0.39 is 5.60 Å². The lowest BCUT2D eigenvalue weighted by Gasteiger charge is -2.32. The second-order valence-corrected chi connectivity index (χ2v) is 7.60. The van der Waals surface area contributed by atoms with Crippen LogP contribution in [0.25, 0.3) is 16.9 Å². The van der Waals surface area contributed by atoms with Crippen molar-refractivity contribution in [2.45, 2.75) is 37.8 Å². The van der Waals surface area contributed by atoms with Crippen LogP contribution in [0.3, 0.4) is 0 Å². The molecule has 1 aliphatic carbocycles. The van der Waals surface area contributed by atoms with Crippen LogP contribution in [0.5, 0.6) is 0 Å². The minimum atomic E-state index is -0.874. The van der Waals surface area contributed by atoms with E-state index in [1.807, 2.05) is 0 Å². The van der Waals surface area contributed by atoms with Gasteiger partial charge in [0.15, 0.2) is 0 Å². The molecule has 0 atom stereocenters. The highest BCUT2D eigenvalue weighted by molar-refractivity contribution is 5.64. The van der Waals surface area contributed by atoms with Crippen LogP contribution in [-0.4, -0.2) is 43.0 Å². The summed E-state index contributed by atoms with van der Waals surface area (Å²) < 4.78 is 3.08. The Morgan fingerprint density at radius 1 is 1.19 bits per heavy atom. The third-order valence-corrected chi connectivity index (χ3v) is 5.73. The minimum Gasteiger partial charge on any atom is -0.388 e. The molecule has 0 bridgehead atoms. The minimum absolute atomic E-state index is 0.224. The van der Waals surface area contributed by atoms with E-state index in [1.165, 1.54) is 22.0 Å². The zero-order chi connectivity index (χ0) is 18.4. The molecule has 0 saturated carbocycles. The maximum Gasteiger partial charge on any atom is 0.296 e. The van der Waals surface area contributed by atoms with Gasteiger partial charge in [-0.25, -0.2) is 9.50 Å². The van der Waals surface area contributed by atoms with Crippen molar-refractivity contribution in [1.82, 2.24) is 24.5 Å². The van der Waals surface area contributed by atoms with Crippen molar-refractivity contribution in [3.8, 4) is 11.3 Å². The molecule has 7 nitrogen and oxygen atoms in total. The summed E-state index contributed by atoms with van der Waals surface area (Å²) in [5.74, 6) is 0. The molecule has 1 fully saturated rings. The number of benzene rings is 1. The Morgan fingerprint density at radius 3 is 2.85 bits per heavy atom. The third kappa shape index (κ3) is 2.87. The number of nitrogens with zero attached hydrogens (tertiary/aromatic N) is 4. The van der Waals surface area contributed by atoms with Crippen LogP contribution >= 0.6 is 0 Å². The van der Waals surface area contributed by atoms with E-state index in [4.69, 9.17) is 0 Å². The Kier molecular flexibility index (Phi) is 3.87. The van der Waals surface area contributed by atoms with Crippen LogP contribution in [0.2, 0.25) is 0 Å². The lowest BCUT2D eigenvalue weighted by atomic mass is 9.92. The van der Waals surface area contributed by atoms with Crippen LogP contribution in [0.15, 0.2) is 35.5 Å². The maximum atomic E-state index is 12.9. The summed E-state index contributed by atoms with van der Waals surface area (Å²) in [6.45, 7) is 1.75. The van der Waals surface area contributed by atoms with Gasteiger partial charge in [-0.1, -0.05) is 12.1 Å². The monoisotopic (exact) mass is 364 g/mol. The van der Waals surface area contributed by atoms with Crippen molar-refractivity contribution in [1.29, 1.82) is 0 Å². The van der Waals surface area contributed by atoms with Gasteiger partial charge < -0.3 is 10.4 Å². The number of rotatable bonds is 3. The van der Waals surface area contributed by atoms with E-state index >= 15 is 0 Å². The van der Waals surface area contributed by atoms with Gasteiger partial charge in [-0.2, -0.15) is 5.10 Å². The summed E-state index contributed by atoms with van der Waals surface area (Å²) in [4.78, 5) is 17.2. The molecule has 2 aromatic heterocycles. The van der Waals surface area contributed by atoms with Gasteiger partial charge in [0.25, 0.3) is 5.56 Å². The molecule has 1 saturated heterocycles. The Balaban J connectivity index is 1.52. The van der Waals surface area contributed by atoms with E-state index in [-0.39, 0.29) is 17.8 Å². The van der Waals surface area contributed by atoms with Gasteiger partial charge in [-0.3, -0.25) is 9.36 Å². The molecule has 7 heteroatoms. The fourth-order valence-electron chi connectivity index (χ4n) is 4.14. The molecule has 1 aliphatic heterocycles. The molecule has 2 aliphatic rings. The molecule has 5 rings (SSSR count). The molecule has 0 amide bonds. The highest BCUT2D eigenvalue weighted by Gasteiger charge is 2.30. The second-order valence-electron chi connectivity index (χ2n) is 7.60. The SMILES string of the molecule is O=c1c2ncc(-c3ccc4c(c3)C[CH]C4)n2ncn1CC1(O)CCNCC1. The summed E-state index contributed by atoms with van der Waals surface area (Å²) >= 11 is 0. The van der Waals surface area contributed by atoms with Crippen LogP contribution < -0.4 is 10.9 Å². The highest BCUT2D eigenvalue weighted by atomic mass is 16.3. The summed E-state index contributed by atoms with van der Waals surface area (Å²) in [6.07, 6.45) is 8.73. The largest absolute Gasteiger partial charge is 0.388 e. The number of aromatic nitrogens is 4. The van der Waals surface area contributed by atoms with E-state index in [0.29, 0.717) is 12.8 Å². The van der Waals surface area contributed by atoms with Gasteiger partial charge in [0.05, 0.1) is 24.0 Å². The van der Waals surface area contributed by atoms with Crippen LogP contribution in [0.1, 0.15) is 24.0 Å². The smallest absolute Gasteiger partial charge is 0.296 e. The van der Waals surface area contributed by atoms with Gasteiger partial charge in [0, 0.05) is 5.56 Å². The molecule has 3 heterocycles. The van der Waals surface area contributed by atoms with E-state index in [9.17, 15) is 9.90 Å². The van der Waals surface area contributed by atoms with Gasteiger partial charge in [-0.05, 0) is 62.4 Å². The fraction of sp³-hybridized carbons (Fsp3) is 0.400. The maximum absolute atomic E-state index is 12.9. The van der Waals surface area contributed by atoms with Crippen LogP contribution in [-0.2, 0) is 19.4 Å². The first kappa shape index (κ1) is 16.6. The van der Waals surface area contributed by atoms with Crippen molar-refractivity contribution < 1.29 is 5.11 Å². The van der Waals surface area contributed by atoms with Crippen molar-refractivity contribution in [3.05, 3.63) is 58.6 Å². The number of hydrogen-bond acceptors (Lipinski definition) is 5. The predicted octanol–water partition coefficient (Wildman–Crippen LogP) is 0.975. The van der Waals surface area contributed by atoms with Gasteiger partial charge in [-0.15, -0.1) is 0 Å². The van der Waals surface area contributed by atoms with Crippen molar-refractivity contribution >= 4 is 5.65 Å². The Labute approximate surface area is 156 Å². The Hall–Kier alpha value is -2.51. The highest BCUT2D eigenvalue weighted by Crippen LogP contribution is 2.27. The molecular weight excluding hydrogens is 342 g/mol. The number of fused-ring (bicyclic) bond motifs is 2. The molecule has 27 heavy (non-hydrogen) atoms. The Bertz CT molecular complexity index is 1060. The van der Waals surface area contributed by atoms with E-state index in [0.717, 1.165) is 37.2 Å². The normalized spacial score (nSPS) is 18.7. The molecular formula is C20H22N5O2. The average molecular weight is 364 g/mol. The van der Waals surface area contributed by atoms with Crippen LogP contribution in [0, 0.1) is 6.42 Å². The average Bonchev–Trinajstić information content (AvgIpc) is 3.31. The lowest BCUT2D eigenvalue weighted by Crippen LogP contribution is -2.46. The van der Waals surface area contributed by atoms with E-state index in [2.05, 4.69) is 40.0 Å². The van der Waals surface area contributed by atoms with Crippen LogP contribution in [0.4, 0.5) is 0 Å². The Morgan fingerprint density at radius 2 is 2.00 bits per heavy atom. The topological polar surface area (TPSA) is 84.5 Å². The predicted molar refractivity (Wildman–Crippen MR) is 101 cm³/mol. The number of piperidine rings is 1. The summed E-state index contributed by atoms with van der Waals surface area (Å²) in [5, 5.41) is 18.4. The third-order valence-electron chi connectivity index (χ3n) is 5.73. The van der Waals surface area contributed by atoms with E-state index in [1.54, 1.807) is 10.7 Å². The lowest BCUT2D eigenvalue weighted by molar-refractivity contribution is -0.00643. The zero-order valence-corrected chi connectivity index (χ0v) is 15.1. The molecule has 1 aromatic carbocycles. The molecule has 3 aromatic rings. The molecule has 2 N–H and O–H groups in total. The molecule has 1 radical (unpaired) electrons. The van der Waals surface area contributed by atoms with Gasteiger partial charge >= 0.3 is 0 Å². The van der Waals surface area contributed by atoms with Crippen molar-refractivity contribution in [2.75, 3.05) is 13.1 Å². The first-order chi connectivity index (χ1) is 13.1. The number of hydrogen-bond donors (Lipinski definition) is 2. The number of aliphatic hydroxyl groups is 1. The zero-order valence-electron chi connectivity index (χ0n) is 15.1. The fourth-order valence-corrected chi connectivity index (χ4v) is 4.14. The summed E-state index contributed by atoms with van der Waals surface area (Å²) in [7, 11) is 0. The summed E-state index contributed by atoms with van der Waals surface area (Å²) in [6, 6.07) is 6.36. The summed E-state index contributed by atoms with van der Waals surface area (Å²) in [5.41, 5.74) is 3.70. The van der Waals surface area contributed by atoms with Crippen molar-refractivity contribution in [2.24, 2.45) is 0 Å². The van der Waals surface area contributed by atoms with Gasteiger partial charge in [0.1, 0.15) is 6.33 Å². The quantitative estimate of drug-likeness (QED) is 0.724. The standard InChI is InChI=1S/C20H22N5O2/c26-19-18-22-11-17(16-5-4-14-2-1-3-15(14)10-16)25(18)23-13-24(19)12-20(27)6-8-21-9-7-20/h1,4-5,10-11,13,21,27H,2-3,6-9,12H2. The number of nitrogens with one attached hydrogen (secondary N) is 1. The van der Waals surface area contributed by atoms with Crippen molar-refractivity contribution in [3.63, 3.8) is 0 Å². The second kappa shape index (κ2) is 6.28. The molecule has 139 valence electrons. The molecule has 0 spiro atoms. The van der Waals surface area contributed by atoms with Gasteiger partial charge in [0.2, 0.25) is 5.65 Å². The number of imidazole rings is 1. The molecule has 0 unspecified atom stereocenters. The first-order valence-electron chi connectivity index (χ1n) is 9.43. The first-order valence-corrected chi connectivity index (χ1v) is 9.43.